The lowest BCUT2D eigenvalue weighted by molar-refractivity contribution is 0.414. The van der Waals surface area contributed by atoms with E-state index in [0.717, 1.165) is 18.7 Å². The molecule has 20 heavy (non-hydrogen) atoms. The summed E-state index contributed by atoms with van der Waals surface area (Å²) >= 11 is 5.53. The molecule has 1 aromatic carbocycles. The number of thiophene rings is 1. The second kappa shape index (κ2) is 7.25. The quantitative estimate of drug-likeness (QED) is 0.810. The number of likely N-dealkylation sites (N-methyl/N-ethyl adjacent to an activating group) is 1. The highest BCUT2D eigenvalue weighted by molar-refractivity contribution is 9.10. The molecule has 108 valence electrons. The van der Waals surface area contributed by atoms with E-state index in [4.69, 9.17) is 4.74 Å². The molecule has 0 amide bonds. The van der Waals surface area contributed by atoms with Crippen molar-refractivity contribution in [3.8, 4) is 5.75 Å². The molecule has 2 rings (SSSR count). The number of hydrogen-bond donors (Lipinski definition) is 1. The fourth-order valence-electron chi connectivity index (χ4n) is 2.28. The Morgan fingerprint density at radius 3 is 2.75 bits per heavy atom. The molecule has 0 aliphatic rings. The molecule has 0 aliphatic carbocycles. The highest BCUT2D eigenvalue weighted by Crippen LogP contribution is 2.34. The van der Waals surface area contributed by atoms with Gasteiger partial charge < -0.3 is 10.1 Å². The summed E-state index contributed by atoms with van der Waals surface area (Å²) in [5.74, 6) is 0.916. The number of aryl methyl sites for hydroxylation is 1. The summed E-state index contributed by atoms with van der Waals surface area (Å²) in [6.07, 6.45) is 0.962. The minimum atomic E-state index is 0.334. The van der Waals surface area contributed by atoms with Crippen molar-refractivity contribution < 1.29 is 4.74 Å². The van der Waals surface area contributed by atoms with Crippen LogP contribution in [-0.4, -0.2) is 13.7 Å². The van der Waals surface area contributed by atoms with E-state index >= 15 is 0 Å². The summed E-state index contributed by atoms with van der Waals surface area (Å²) in [4.78, 5) is 2.70. The van der Waals surface area contributed by atoms with Crippen molar-refractivity contribution in [1.82, 2.24) is 5.32 Å². The summed E-state index contributed by atoms with van der Waals surface area (Å²) in [7, 11) is 1.71. The molecule has 0 saturated heterocycles. The highest BCUT2D eigenvalue weighted by atomic mass is 79.9. The molecule has 1 atom stereocenters. The normalized spacial score (nSPS) is 12.4. The SMILES string of the molecule is CCNC(Cc1cccc(OC)c1)c1sc(C)cc1Br. The minimum Gasteiger partial charge on any atom is -0.497 e. The zero-order valence-corrected chi connectivity index (χ0v) is 14.5. The van der Waals surface area contributed by atoms with E-state index < -0.39 is 0 Å². The summed E-state index contributed by atoms with van der Waals surface area (Å²) in [6.45, 7) is 5.25. The van der Waals surface area contributed by atoms with E-state index in [0.29, 0.717) is 6.04 Å². The van der Waals surface area contributed by atoms with Crippen LogP contribution in [-0.2, 0) is 6.42 Å². The largest absolute Gasteiger partial charge is 0.497 e. The summed E-state index contributed by atoms with van der Waals surface area (Å²) in [5.41, 5.74) is 1.29. The van der Waals surface area contributed by atoms with Gasteiger partial charge in [0.15, 0.2) is 0 Å². The lowest BCUT2D eigenvalue weighted by Gasteiger charge is -2.17. The number of benzene rings is 1. The molecule has 1 aromatic heterocycles. The van der Waals surface area contributed by atoms with Crippen LogP contribution in [0.5, 0.6) is 5.75 Å². The van der Waals surface area contributed by atoms with Crippen molar-refractivity contribution >= 4 is 27.3 Å². The molecule has 1 N–H and O–H groups in total. The standard InChI is InChI=1S/C16H20BrNOS/c1-4-18-15(16-14(17)8-11(2)20-16)10-12-6-5-7-13(9-12)19-3/h5-9,15,18H,4,10H2,1-3H3. The predicted molar refractivity (Wildman–Crippen MR) is 89.9 cm³/mol. The Kier molecular flexibility index (Phi) is 5.64. The van der Waals surface area contributed by atoms with Gasteiger partial charge >= 0.3 is 0 Å². The van der Waals surface area contributed by atoms with Crippen molar-refractivity contribution in [1.29, 1.82) is 0 Å². The first-order chi connectivity index (χ1) is 9.63. The van der Waals surface area contributed by atoms with Crippen LogP contribution in [0, 0.1) is 6.92 Å². The first kappa shape index (κ1) is 15.5. The predicted octanol–water partition coefficient (Wildman–Crippen LogP) is 4.72. The van der Waals surface area contributed by atoms with Crippen LogP contribution in [0.15, 0.2) is 34.8 Å². The van der Waals surface area contributed by atoms with Gasteiger partial charge in [-0.15, -0.1) is 11.3 Å². The molecule has 0 fully saturated rings. The maximum absolute atomic E-state index is 5.30. The molecule has 1 heterocycles. The lowest BCUT2D eigenvalue weighted by atomic mass is 10.0. The number of methoxy groups -OCH3 is 1. The third-order valence-corrected chi connectivity index (χ3v) is 5.26. The molecule has 1 unspecified atom stereocenters. The van der Waals surface area contributed by atoms with Crippen molar-refractivity contribution in [2.75, 3.05) is 13.7 Å². The maximum Gasteiger partial charge on any atom is 0.119 e. The number of nitrogens with one attached hydrogen (secondary N) is 1. The van der Waals surface area contributed by atoms with E-state index in [1.807, 2.05) is 23.5 Å². The summed E-state index contributed by atoms with van der Waals surface area (Å²) < 4.78 is 6.51. The average molecular weight is 354 g/mol. The Morgan fingerprint density at radius 1 is 1.35 bits per heavy atom. The van der Waals surface area contributed by atoms with Gasteiger partial charge in [-0.3, -0.25) is 0 Å². The van der Waals surface area contributed by atoms with Crippen molar-refractivity contribution in [2.45, 2.75) is 26.3 Å². The van der Waals surface area contributed by atoms with Crippen LogP contribution in [0.2, 0.25) is 0 Å². The van der Waals surface area contributed by atoms with Gasteiger partial charge in [0.2, 0.25) is 0 Å². The maximum atomic E-state index is 5.30. The third kappa shape index (κ3) is 3.84. The van der Waals surface area contributed by atoms with Crippen molar-refractivity contribution in [3.05, 3.63) is 50.1 Å². The number of ether oxygens (including phenoxy) is 1. The van der Waals surface area contributed by atoms with Gasteiger partial charge in [0.1, 0.15) is 5.75 Å². The van der Waals surface area contributed by atoms with Gasteiger partial charge in [-0.25, -0.2) is 0 Å². The van der Waals surface area contributed by atoms with Gasteiger partial charge in [-0.1, -0.05) is 19.1 Å². The molecule has 0 aliphatic heterocycles. The minimum absolute atomic E-state index is 0.334. The second-order valence-corrected chi connectivity index (χ2v) is 6.88. The smallest absolute Gasteiger partial charge is 0.119 e. The molecule has 2 aromatic rings. The Morgan fingerprint density at radius 2 is 2.15 bits per heavy atom. The molecular formula is C16H20BrNOS. The van der Waals surface area contributed by atoms with E-state index in [9.17, 15) is 0 Å². The van der Waals surface area contributed by atoms with Gasteiger partial charge in [0.25, 0.3) is 0 Å². The van der Waals surface area contributed by atoms with Gasteiger partial charge in [-0.05, 0) is 59.6 Å². The summed E-state index contributed by atoms with van der Waals surface area (Å²) in [5, 5.41) is 3.58. The zero-order chi connectivity index (χ0) is 14.5. The molecule has 0 radical (unpaired) electrons. The van der Waals surface area contributed by atoms with E-state index in [1.165, 1.54) is 19.8 Å². The average Bonchev–Trinajstić information content (AvgIpc) is 2.77. The topological polar surface area (TPSA) is 21.3 Å². The van der Waals surface area contributed by atoms with Gasteiger partial charge in [0.05, 0.1) is 7.11 Å². The van der Waals surface area contributed by atoms with Crippen molar-refractivity contribution in [3.63, 3.8) is 0 Å². The fourth-order valence-corrected chi connectivity index (χ4v) is 4.28. The van der Waals surface area contributed by atoms with Crippen LogP contribution in [0.25, 0.3) is 0 Å². The first-order valence-corrected chi connectivity index (χ1v) is 8.37. The highest BCUT2D eigenvalue weighted by Gasteiger charge is 2.17. The van der Waals surface area contributed by atoms with Crippen molar-refractivity contribution in [2.24, 2.45) is 0 Å². The van der Waals surface area contributed by atoms with E-state index in [-0.39, 0.29) is 0 Å². The Hall–Kier alpha value is -0.840. The molecule has 0 bridgehead atoms. The molecule has 0 saturated carbocycles. The van der Waals surface area contributed by atoms with E-state index in [1.54, 1.807) is 7.11 Å². The Labute approximate surface area is 133 Å². The van der Waals surface area contributed by atoms with Crippen LogP contribution < -0.4 is 10.1 Å². The van der Waals surface area contributed by atoms with Crippen LogP contribution in [0.3, 0.4) is 0 Å². The van der Waals surface area contributed by atoms with E-state index in [2.05, 4.69) is 53.3 Å². The number of hydrogen-bond acceptors (Lipinski definition) is 3. The number of halogens is 1. The third-order valence-electron chi connectivity index (χ3n) is 3.18. The number of rotatable bonds is 6. The second-order valence-electron chi connectivity index (χ2n) is 4.74. The van der Waals surface area contributed by atoms with Crippen LogP contribution in [0.4, 0.5) is 0 Å². The Balaban J connectivity index is 2.22. The molecular weight excluding hydrogens is 334 g/mol. The lowest BCUT2D eigenvalue weighted by Crippen LogP contribution is -2.22. The molecule has 2 nitrogen and oxygen atoms in total. The fraction of sp³-hybridized carbons (Fsp3) is 0.375. The van der Waals surface area contributed by atoms with Gasteiger partial charge in [0, 0.05) is 20.3 Å². The molecule has 4 heteroatoms. The van der Waals surface area contributed by atoms with Crippen LogP contribution >= 0.6 is 27.3 Å². The first-order valence-electron chi connectivity index (χ1n) is 6.76. The Bertz CT molecular complexity index is 567. The van der Waals surface area contributed by atoms with Crippen LogP contribution in [0.1, 0.15) is 28.3 Å². The summed E-state index contributed by atoms with van der Waals surface area (Å²) in [6, 6.07) is 10.8. The zero-order valence-electron chi connectivity index (χ0n) is 12.1. The monoisotopic (exact) mass is 353 g/mol. The molecule has 0 spiro atoms. The van der Waals surface area contributed by atoms with Gasteiger partial charge in [-0.2, -0.15) is 0 Å².